The van der Waals surface area contributed by atoms with Gasteiger partial charge in [-0.15, -0.1) is 0 Å². The van der Waals surface area contributed by atoms with Crippen LogP contribution in [-0.2, 0) is 16.1 Å². The number of aliphatic imine (C=N–C) groups is 1. The number of anilines is 2. The second-order valence-electron chi connectivity index (χ2n) is 10.6. The van der Waals surface area contributed by atoms with Crippen LogP contribution in [0.2, 0.25) is 5.02 Å². The summed E-state index contributed by atoms with van der Waals surface area (Å²) in [5.41, 5.74) is 4.05. The van der Waals surface area contributed by atoms with E-state index in [0.717, 1.165) is 48.8 Å². The van der Waals surface area contributed by atoms with E-state index in [1.54, 1.807) is 29.2 Å². The zero-order chi connectivity index (χ0) is 29.6. The Morgan fingerprint density at radius 2 is 1.62 bits per heavy atom. The summed E-state index contributed by atoms with van der Waals surface area (Å²) in [5, 5.41) is 12.4. The predicted octanol–water partition coefficient (Wildman–Crippen LogP) is 5.22. The fourth-order valence-corrected chi connectivity index (χ4v) is 5.36. The first kappa shape index (κ1) is 29.3. The van der Waals surface area contributed by atoms with Gasteiger partial charge in [-0.05, 0) is 67.9 Å². The molecule has 0 unspecified atom stereocenters. The van der Waals surface area contributed by atoms with E-state index in [4.69, 9.17) is 21.7 Å². The van der Waals surface area contributed by atoms with E-state index < -0.39 is 5.97 Å². The first-order valence-electron chi connectivity index (χ1n) is 14.1. The number of carbonyl (C=O) groups excluding carboxylic acids is 2. The average Bonchev–Trinajstić information content (AvgIpc) is 3.13. The van der Waals surface area contributed by atoms with Crippen molar-refractivity contribution in [2.45, 2.75) is 32.2 Å². The van der Waals surface area contributed by atoms with Gasteiger partial charge in [-0.1, -0.05) is 35.9 Å². The largest absolute Gasteiger partial charge is 0.478 e. The summed E-state index contributed by atoms with van der Waals surface area (Å²) < 4.78 is 0. The molecular formula is C32H34ClN5O4. The number of benzene rings is 3. The summed E-state index contributed by atoms with van der Waals surface area (Å²) in [6.45, 7) is 3.84. The minimum absolute atomic E-state index is 0.0696. The summed E-state index contributed by atoms with van der Waals surface area (Å²) in [4.78, 5) is 48.6. The molecule has 42 heavy (non-hydrogen) atoms. The zero-order valence-corrected chi connectivity index (χ0v) is 24.3. The first-order chi connectivity index (χ1) is 20.3. The van der Waals surface area contributed by atoms with Gasteiger partial charge in [-0.25, -0.2) is 9.79 Å². The number of hydrogen-bond acceptors (Lipinski definition) is 6. The van der Waals surface area contributed by atoms with Crippen LogP contribution in [0.5, 0.6) is 0 Å². The maximum atomic E-state index is 13.8. The van der Waals surface area contributed by atoms with Gasteiger partial charge in [0.1, 0.15) is 5.84 Å². The zero-order valence-electron chi connectivity index (χ0n) is 23.6. The molecule has 3 aromatic carbocycles. The third kappa shape index (κ3) is 6.80. The second-order valence-corrected chi connectivity index (χ2v) is 11.0. The van der Waals surface area contributed by atoms with E-state index in [2.05, 4.69) is 22.2 Å². The number of rotatable bonds is 8. The molecule has 0 spiro atoms. The molecule has 3 aromatic rings. The van der Waals surface area contributed by atoms with Gasteiger partial charge in [-0.3, -0.25) is 14.5 Å². The average molecular weight is 588 g/mol. The quantitative estimate of drug-likeness (QED) is 0.350. The number of carbonyl (C=O) groups is 3. The molecule has 2 aliphatic rings. The fraction of sp³-hybridized carbons (Fsp3) is 0.312. The van der Waals surface area contributed by atoms with Gasteiger partial charge in [0.05, 0.1) is 22.6 Å². The number of carboxylic acids is 1. The normalized spacial score (nSPS) is 14.9. The van der Waals surface area contributed by atoms with Crippen molar-refractivity contribution in [3.05, 3.63) is 88.4 Å². The van der Waals surface area contributed by atoms with Crippen molar-refractivity contribution >= 4 is 52.3 Å². The Morgan fingerprint density at radius 1 is 0.905 bits per heavy atom. The smallest absolute Gasteiger partial charge is 0.335 e. The molecule has 0 aliphatic carbocycles. The van der Waals surface area contributed by atoms with Crippen LogP contribution in [0, 0.1) is 0 Å². The molecule has 5 rings (SSSR count). The summed E-state index contributed by atoms with van der Waals surface area (Å²) in [7, 11) is 2.11. The van der Waals surface area contributed by atoms with Crippen molar-refractivity contribution in [3.8, 4) is 0 Å². The molecule has 1 saturated heterocycles. The third-order valence-electron chi connectivity index (χ3n) is 7.58. The highest BCUT2D eigenvalue weighted by Gasteiger charge is 2.30. The van der Waals surface area contributed by atoms with E-state index >= 15 is 0 Å². The van der Waals surface area contributed by atoms with Gasteiger partial charge in [0.2, 0.25) is 11.8 Å². The Bertz CT molecular complexity index is 1500. The second kappa shape index (κ2) is 13.2. The number of nitrogens with one attached hydrogen (secondary N) is 1. The fourth-order valence-electron chi connectivity index (χ4n) is 5.19. The van der Waals surface area contributed by atoms with Crippen LogP contribution in [0.4, 0.5) is 17.1 Å². The molecule has 2 aliphatic heterocycles. The minimum atomic E-state index is -0.987. The summed E-state index contributed by atoms with van der Waals surface area (Å²) in [6.07, 6.45) is 1.67. The highest BCUT2D eigenvalue weighted by atomic mass is 35.5. The number of hydrogen-bond donors (Lipinski definition) is 2. The van der Waals surface area contributed by atoms with Crippen molar-refractivity contribution in [2.24, 2.45) is 4.99 Å². The van der Waals surface area contributed by atoms with Crippen molar-refractivity contribution in [3.63, 3.8) is 0 Å². The number of amides is 2. The monoisotopic (exact) mass is 587 g/mol. The van der Waals surface area contributed by atoms with Crippen LogP contribution in [0.1, 0.15) is 47.2 Å². The van der Waals surface area contributed by atoms with Gasteiger partial charge in [0, 0.05) is 56.2 Å². The van der Waals surface area contributed by atoms with Crippen molar-refractivity contribution in [1.82, 2.24) is 15.1 Å². The Kier molecular flexibility index (Phi) is 9.19. The number of fused-ring (bicyclic) bond motifs is 2. The maximum absolute atomic E-state index is 13.8. The molecule has 0 atom stereocenters. The van der Waals surface area contributed by atoms with Gasteiger partial charge in [-0.2, -0.15) is 0 Å². The maximum Gasteiger partial charge on any atom is 0.335 e. The van der Waals surface area contributed by atoms with E-state index in [-0.39, 0.29) is 23.8 Å². The third-order valence-corrected chi connectivity index (χ3v) is 7.81. The van der Waals surface area contributed by atoms with Gasteiger partial charge in [0.15, 0.2) is 0 Å². The molecule has 1 fully saturated rings. The van der Waals surface area contributed by atoms with Gasteiger partial charge in [0.25, 0.3) is 0 Å². The molecule has 0 aromatic heterocycles. The summed E-state index contributed by atoms with van der Waals surface area (Å²) in [5.74, 6) is -0.333. The highest BCUT2D eigenvalue weighted by molar-refractivity contribution is 6.31. The van der Waals surface area contributed by atoms with E-state index in [9.17, 15) is 14.4 Å². The van der Waals surface area contributed by atoms with Crippen LogP contribution in [0.3, 0.4) is 0 Å². The number of para-hydroxylation sites is 1. The SMILES string of the molecule is CN1CCN(C2=Nc3cc(Cl)ccc3N(C(=O)CCCCC(=O)NCc3ccc(C(=O)O)cc3)c3ccccc32)CC1. The Hall–Kier alpha value is -4.21. The Morgan fingerprint density at radius 3 is 2.36 bits per heavy atom. The van der Waals surface area contributed by atoms with E-state index in [1.165, 1.54) is 12.1 Å². The van der Waals surface area contributed by atoms with Crippen LogP contribution in [-0.4, -0.2) is 71.8 Å². The van der Waals surface area contributed by atoms with Crippen LogP contribution in [0.25, 0.3) is 0 Å². The summed E-state index contributed by atoms with van der Waals surface area (Å²) >= 11 is 6.38. The van der Waals surface area contributed by atoms with Crippen molar-refractivity contribution < 1.29 is 19.5 Å². The number of likely N-dealkylation sites (N-methyl/N-ethyl adjacent to an activating group) is 1. The summed E-state index contributed by atoms with van der Waals surface area (Å²) in [6, 6.07) is 19.7. The highest BCUT2D eigenvalue weighted by Crippen LogP contribution is 2.42. The lowest BCUT2D eigenvalue weighted by molar-refractivity contribution is -0.122. The standard InChI is InChI=1S/C32H34ClN5O4/c1-36-16-18-37(19-17-36)31-25-6-2-3-7-27(25)38(28-15-14-24(33)20-26(28)35-31)30(40)9-5-4-8-29(39)34-21-22-10-12-23(13-11-22)32(41)42/h2-3,6-7,10-15,20H,4-5,8-9,16-19,21H2,1H3,(H,34,39)(H,41,42). The molecule has 218 valence electrons. The molecule has 9 nitrogen and oxygen atoms in total. The van der Waals surface area contributed by atoms with Gasteiger partial charge >= 0.3 is 5.97 Å². The topological polar surface area (TPSA) is 106 Å². The lowest BCUT2D eigenvalue weighted by atomic mass is 10.1. The molecule has 0 radical (unpaired) electrons. The molecule has 2 N–H and O–H groups in total. The van der Waals surface area contributed by atoms with Crippen molar-refractivity contribution in [2.75, 3.05) is 38.1 Å². The molecule has 0 bridgehead atoms. The van der Waals surface area contributed by atoms with Crippen molar-refractivity contribution in [1.29, 1.82) is 0 Å². The van der Waals surface area contributed by atoms with Crippen LogP contribution in [0.15, 0.2) is 71.7 Å². The van der Waals surface area contributed by atoms with E-state index in [0.29, 0.717) is 42.2 Å². The molecular weight excluding hydrogens is 554 g/mol. The number of halogens is 1. The van der Waals surface area contributed by atoms with Crippen LogP contribution >= 0.6 is 11.6 Å². The molecule has 2 heterocycles. The number of nitrogens with zero attached hydrogens (tertiary/aromatic N) is 4. The number of carboxylic acid groups (broad SMARTS) is 1. The number of unbranched alkanes of at least 4 members (excludes halogenated alkanes) is 1. The molecule has 0 saturated carbocycles. The number of aromatic carboxylic acids is 1. The lowest BCUT2D eigenvalue weighted by Gasteiger charge is -2.35. The van der Waals surface area contributed by atoms with E-state index in [1.807, 2.05) is 30.3 Å². The van der Waals surface area contributed by atoms with Crippen LogP contribution < -0.4 is 10.2 Å². The van der Waals surface area contributed by atoms with Gasteiger partial charge < -0.3 is 20.2 Å². The lowest BCUT2D eigenvalue weighted by Crippen LogP contribution is -2.47. The Balaban J connectivity index is 1.25. The predicted molar refractivity (Wildman–Crippen MR) is 164 cm³/mol. The number of piperazine rings is 1. The molecule has 10 heteroatoms. The Labute approximate surface area is 250 Å². The minimum Gasteiger partial charge on any atom is -0.478 e. The molecule has 2 amide bonds. The first-order valence-corrected chi connectivity index (χ1v) is 14.5. The number of amidine groups is 1.